The van der Waals surface area contributed by atoms with Gasteiger partial charge in [0.1, 0.15) is 0 Å². The Morgan fingerprint density at radius 1 is 1.18 bits per heavy atom. The first-order valence-corrected chi connectivity index (χ1v) is 7.84. The van der Waals surface area contributed by atoms with Crippen molar-refractivity contribution in [3.63, 3.8) is 0 Å². The number of para-hydroxylation sites is 1. The van der Waals surface area contributed by atoms with Crippen molar-refractivity contribution in [1.82, 2.24) is 0 Å². The van der Waals surface area contributed by atoms with Crippen LogP contribution in [0.1, 0.15) is 0 Å². The van der Waals surface area contributed by atoms with Gasteiger partial charge in [0.05, 0.1) is 12.2 Å². The highest BCUT2D eigenvalue weighted by molar-refractivity contribution is 7.99. The number of carbonyl (C=O) groups is 1. The first-order chi connectivity index (χ1) is 10.6. The van der Waals surface area contributed by atoms with Crippen LogP contribution in [0, 0.1) is 11.6 Å². The minimum absolute atomic E-state index is 0.177. The summed E-state index contributed by atoms with van der Waals surface area (Å²) in [4.78, 5) is 15.2. The Kier molecular flexibility index (Phi) is 4.29. The van der Waals surface area contributed by atoms with Gasteiger partial charge in [-0.1, -0.05) is 12.1 Å². The summed E-state index contributed by atoms with van der Waals surface area (Å²) in [6.45, 7) is 0.948. The number of thioether (sulfide) groups is 1. The lowest BCUT2D eigenvalue weighted by Gasteiger charge is -2.30. The number of hydrogen-bond acceptors (Lipinski definition) is 3. The van der Waals surface area contributed by atoms with Crippen molar-refractivity contribution in [2.45, 2.75) is 4.90 Å². The lowest BCUT2D eigenvalue weighted by Crippen LogP contribution is -2.36. The Morgan fingerprint density at radius 2 is 2.00 bits per heavy atom. The number of nitrogens with zero attached hydrogens (tertiary/aromatic N) is 1. The van der Waals surface area contributed by atoms with Crippen LogP contribution in [-0.4, -0.2) is 24.7 Å². The van der Waals surface area contributed by atoms with Crippen LogP contribution in [0.25, 0.3) is 0 Å². The van der Waals surface area contributed by atoms with Crippen molar-refractivity contribution in [1.29, 1.82) is 0 Å². The summed E-state index contributed by atoms with van der Waals surface area (Å²) in [7, 11) is 0. The molecule has 0 atom stereocenters. The second kappa shape index (κ2) is 6.36. The highest BCUT2D eigenvalue weighted by atomic mass is 32.2. The molecule has 1 N–H and O–H groups in total. The van der Waals surface area contributed by atoms with Gasteiger partial charge in [0, 0.05) is 28.9 Å². The summed E-state index contributed by atoms with van der Waals surface area (Å²) in [5.41, 5.74) is 1.28. The molecule has 3 rings (SSSR count). The zero-order chi connectivity index (χ0) is 15.5. The van der Waals surface area contributed by atoms with E-state index in [0.29, 0.717) is 0 Å². The van der Waals surface area contributed by atoms with Gasteiger partial charge in [0.2, 0.25) is 5.91 Å². The Hall–Kier alpha value is -2.08. The van der Waals surface area contributed by atoms with Crippen molar-refractivity contribution in [3.05, 3.63) is 54.1 Å². The van der Waals surface area contributed by atoms with Crippen LogP contribution >= 0.6 is 11.8 Å². The maximum Gasteiger partial charge on any atom is 0.243 e. The van der Waals surface area contributed by atoms with Gasteiger partial charge < -0.3 is 10.2 Å². The average Bonchev–Trinajstić information content (AvgIpc) is 2.51. The zero-order valence-electron chi connectivity index (χ0n) is 11.7. The van der Waals surface area contributed by atoms with E-state index in [9.17, 15) is 13.6 Å². The van der Waals surface area contributed by atoms with Crippen LogP contribution in [0.2, 0.25) is 0 Å². The Labute approximate surface area is 131 Å². The number of anilines is 2. The molecule has 3 nitrogen and oxygen atoms in total. The third-order valence-electron chi connectivity index (χ3n) is 3.36. The highest BCUT2D eigenvalue weighted by Gasteiger charge is 2.19. The molecule has 0 aliphatic carbocycles. The highest BCUT2D eigenvalue weighted by Crippen LogP contribution is 2.34. The number of fused-ring (bicyclic) bond motifs is 1. The van der Waals surface area contributed by atoms with E-state index in [2.05, 4.69) is 5.32 Å². The van der Waals surface area contributed by atoms with E-state index in [0.717, 1.165) is 35.0 Å². The van der Waals surface area contributed by atoms with Crippen molar-refractivity contribution >= 4 is 29.0 Å². The molecule has 2 aromatic rings. The van der Waals surface area contributed by atoms with Crippen LogP contribution < -0.4 is 10.2 Å². The maximum absolute atomic E-state index is 13.1. The minimum Gasteiger partial charge on any atom is -0.360 e. The van der Waals surface area contributed by atoms with E-state index in [-0.39, 0.29) is 18.1 Å². The molecule has 1 amide bonds. The molecular formula is C16H14F2N2OS. The van der Waals surface area contributed by atoms with E-state index >= 15 is 0 Å². The molecule has 1 heterocycles. The van der Waals surface area contributed by atoms with Crippen LogP contribution in [-0.2, 0) is 4.79 Å². The molecular weight excluding hydrogens is 306 g/mol. The summed E-state index contributed by atoms with van der Waals surface area (Å²) in [5, 5.41) is 2.59. The lowest BCUT2D eigenvalue weighted by atomic mass is 10.2. The molecule has 0 bridgehead atoms. The van der Waals surface area contributed by atoms with E-state index in [1.165, 1.54) is 6.07 Å². The fourth-order valence-electron chi connectivity index (χ4n) is 2.34. The van der Waals surface area contributed by atoms with Crippen LogP contribution in [0.3, 0.4) is 0 Å². The fourth-order valence-corrected chi connectivity index (χ4v) is 3.39. The number of halogens is 2. The standard InChI is InChI=1S/C16H14F2N2OS/c17-12-6-5-11(9-13(12)18)19-16(21)10-20-7-8-22-15-4-2-1-3-14(15)20/h1-6,9H,7-8,10H2,(H,19,21). The summed E-state index contributed by atoms with van der Waals surface area (Å²) >= 11 is 1.76. The average molecular weight is 320 g/mol. The smallest absolute Gasteiger partial charge is 0.243 e. The van der Waals surface area contributed by atoms with Gasteiger partial charge in [-0.3, -0.25) is 4.79 Å². The fraction of sp³-hybridized carbons (Fsp3) is 0.188. The first kappa shape index (κ1) is 14.8. The van der Waals surface area contributed by atoms with Gasteiger partial charge in [0.25, 0.3) is 0 Å². The van der Waals surface area contributed by atoms with Gasteiger partial charge in [0.15, 0.2) is 11.6 Å². The molecule has 0 aromatic heterocycles. The number of carbonyl (C=O) groups excluding carboxylic acids is 1. The van der Waals surface area contributed by atoms with Gasteiger partial charge in [-0.05, 0) is 24.3 Å². The molecule has 0 radical (unpaired) electrons. The molecule has 0 spiro atoms. The first-order valence-electron chi connectivity index (χ1n) is 6.85. The monoisotopic (exact) mass is 320 g/mol. The molecule has 0 saturated heterocycles. The molecule has 6 heteroatoms. The maximum atomic E-state index is 13.1. The molecule has 1 aliphatic rings. The van der Waals surface area contributed by atoms with Crippen molar-refractivity contribution in [2.24, 2.45) is 0 Å². The number of rotatable bonds is 3. The lowest BCUT2D eigenvalue weighted by molar-refractivity contribution is -0.115. The topological polar surface area (TPSA) is 32.3 Å². The largest absolute Gasteiger partial charge is 0.360 e. The third-order valence-corrected chi connectivity index (χ3v) is 4.41. The molecule has 1 aliphatic heterocycles. The van der Waals surface area contributed by atoms with Crippen molar-refractivity contribution in [3.8, 4) is 0 Å². The van der Waals surface area contributed by atoms with Crippen LogP contribution in [0.5, 0.6) is 0 Å². The third kappa shape index (κ3) is 3.22. The van der Waals surface area contributed by atoms with E-state index in [1.54, 1.807) is 11.8 Å². The second-order valence-electron chi connectivity index (χ2n) is 4.91. The molecule has 0 unspecified atom stereocenters. The van der Waals surface area contributed by atoms with Crippen LogP contribution in [0.4, 0.5) is 20.2 Å². The van der Waals surface area contributed by atoms with Crippen molar-refractivity contribution < 1.29 is 13.6 Å². The number of nitrogens with one attached hydrogen (secondary N) is 1. The number of amides is 1. The summed E-state index contributed by atoms with van der Waals surface area (Å²) in [5.74, 6) is -1.25. The number of hydrogen-bond donors (Lipinski definition) is 1. The molecule has 22 heavy (non-hydrogen) atoms. The van der Waals surface area contributed by atoms with E-state index in [4.69, 9.17) is 0 Å². The molecule has 0 saturated carbocycles. The van der Waals surface area contributed by atoms with E-state index in [1.807, 2.05) is 29.2 Å². The molecule has 2 aromatic carbocycles. The molecule has 114 valence electrons. The quantitative estimate of drug-likeness (QED) is 0.939. The van der Waals surface area contributed by atoms with Crippen LogP contribution in [0.15, 0.2) is 47.4 Å². The zero-order valence-corrected chi connectivity index (χ0v) is 12.5. The minimum atomic E-state index is -0.975. The summed E-state index contributed by atoms with van der Waals surface area (Å²) < 4.78 is 26.0. The SMILES string of the molecule is O=C(CN1CCSc2ccccc21)Nc1ccc(F)c(F)c1. The number of benzene rings is 2. The normalized spacial score (nSPS) is 13.6. The van der Waals surface area contributed by atoms with Gasteiger partial charge in [-0.15, -0.1) is 11.8 Å². The summed E-state index contributed by atoms with van der Waals surface area (Å²) in [6, 6.07) is 11.2. The Morgan fingerprint density at radius 3 is 2.82 bits per heavy atom. The van der Waals surface area contributed by atoms with Crippen molar-refractivity contribution in [2.75, 3.05) is 29.1 Å². The Bertz CT molecular complexity index is 708. The Balaban J connectivity index is 1.69. The van der Waals surface area contributed by atoms with Gasteiger partial charge in [-0.25, -0.2) is 8.78 Å². The predicted octanol–water partition coefficient (Wildman–Crippen LogP) is 3.52. The second-order valence-corrected chi connectivity index (χ2v) is 6.05. The predicted molar refractivity (Wildman–Crippen MR) is 84.4 cm³/mol. The van der Waals surface area contributed by atoms with Gasteiger partial charge >= 0.3 is 0 Å². The molecule has 0 fully saturated rings. The van der Waals surface area contributed by atoms with Gasteiger partial charge in [-0.2, -0.15) is 0 Å². The van der Waals surface area contributed by atoms with E-state index < -0.39 is 11.6 Å². The summed E-state index contributed by atoms with van der Waals surface area (Å²) in [6.07, 6.45) is 0.